The third kappa shape index (κ3) is 5.85. The minimum atomic E-state index is -0.893. The molecule has 0 aliphatic rings. The fourth-order valence-corrected chi connectivity index (χ4v) is 3.72. The number of carbonyl (C=O) groups is 2. The third-order valence-electron chi connectivity index (χ3n) is 5.69. The van der Waals surface area contributed by atoms with Crippen molar-refractivity contribution in [2.75, 3.05) is 0 Å². The minimum Gasteiger partial charge on any atom is -0.508 e. The number of imide groups is 1. The highest BCUT2D eigenvalue weighted by molar-refractivity contribution is 6.06. The Morgan fingerprint density at radius 3 is 2.51 bits per heavy atom. The van der Waals surface area contributed by atoms with Gasteiger partial charge in [0, 0.05) is 12.1 Å². The van der Waals surface area contributed by atoms with Gasteiger partial charge in [-0.05, 0) is 66.4 Å². The van der Waals surface area contributed by atoms with Gasteiger partial charge in [-0.2, -0.15) is 5.10 Å². The number of nitrogens with zero attached hydrogens (tertiary/aromatic N) is 2. The summed E-state index contributed by atoms with van der Waals surface area (Å²) in [4.78, 5) is 25.0. The van der Waals surface area contributed by atoms with Gasteiger partial charge in [0.2, 0.25) is 5.91 Å². The number of carbonyl (C=O) groups excluding carboxylic acids is 2. The Labute approximate surface area is 203 Å². The molecule has 4 N–H and O–H groups in total. The van der Waals surface area contributed by atoms with Gasteiger partial charge in [0.1, 0.15) is 11.4 Å². The van der Waals surface area contributed by atoms with Gasteiger partial charge in [0.05, 0.1) is 18.0 Å². The summed E-state index contributed by atoms with van der Waals surface area (Å²) in [5, 5.41) is 16.4. The summed E-state index contributed by atoms with van der Waals surface area (Å²) in [6.07, 6.45) is 3.89. The molecular formula is C27H28N4O4. The van der Waals surface area contributed by atoms with E-state index in [9.17, 15) is 14.7 Å². The summed E-state index contributed by atoms with van der Waals surface area (Å²) >= 11 is 0. The first-order chi connectivity index (χ1) is 16.9. The molecule has 0 fully saturated rings. The fourth-order valence-electron chi connectivity index (χ4n) is 3.72. The molecule has 2 amide bonds. The molecule has 1 atom stereocenters. The predicted octanol–water partition coefficient (Wildman–Crippen LogP) is 4.14. The molecule has 8 heteroatoms. The molecule has 0 saturated heterocycles. The number of aromatic hydroxyl groups is 1. The average molecular weight is 473 g/mol. The van der Waals surface area contributed by atoms with Crippen LogP contribution in [0.4, 0.5) is 0 Å². The first-order valence-electron chi connectivity index (χ1n) is 11.6. The van der Waals surface area contributed by atoms with Gasteiger partial charge in [-0.15, -0.1) is 0 Å². The summed E-state index contributed by atoms with van der Waals surface area (Å²) < 4.78 is 7.44. The van der Waals surface area contributed by atoms with E-state index in [0.717, 1.165) is 41.9 Å². The van der Waals surface area contributed by atoms with Crippen molar-refractivity contribution < 1.29 is 19.1 Å². The van der Waals surface area contributed by atoms with Crippen molar-refractivity contribution in [2.45, 2.75) is 38.8 Å². The number of rotatable bonds is 9. The van der Waals surface area contributed by atoms with Gasteiger partial charge < -0.3 is 15.3 Å². The molecule has 2 heterocycles. The number of benzene rings is 2. The maximum Gasteiger partial charge on any atom is 0.257 e. The van der Waals surface area contributed by atoms with E-state index < -0.39 is 17.9 Å². The van der Waals surface area contributed by atoms with Crippen LogP contribution >= 0.6 is 0 Å². The minimum absolute atomic E-state index is 0.135. The molecule has 0 saturated carbocycles. The van der Waals surface area contributed by atoms with Crippen LogP contribution in [0.5, 0.6) is 5.75 Å². The number of furan rings is 1. The number of aromatic nitrogens is 2. The summed E-state index contributed by atoms with van der Waals surface area (Å²) in [6, 6.07) is 18.2. The zero-order chi connectivity index (χ0) is 24.8. The number of nitrogens with one attached hydrogen (secondary N) is 1. The normalized spacial score (nSPS) is 11.8. The number of aryl methyl sites for hydroxylation is 1. The summed E-state index contributed by atoms with van der Waals surface area (Å²) in [7, 11) is 0. The van der Waals surface area contributed by atoms with E-state index in [-0.39, 0.29) is 12.2 Å². The van der Waals surface area contributed by atoms with Crippen molar-refractivity contribution in [3.63, 3.8) is 0 Å². The van der Waals surface area contributed by atoms with Crippen LogP contribution in [0, 0.1) is 0 Å². The van der Waals surface area contributed by atoms with E-state index in [4.69, 9.17) is 15.2 Å². The zero-order valence-electron chi connectivity index (χ0n) is 19.5. The average Bonchev–Trinajstić information content (AvgIpc) is 3.54. The molecule has 2 aromatic carbocycles. The molecule has 0 spiro atoms. The monoisotopic (exact) mass is 472 g/mol. The topological polar surface area (TPSA) is 123 Å². The second kappa shape index (κ2) is 10.8. The van der Waals surface area contributed by atoms with E-state index >= 15 is 0 Å². The highest BCUT2D eigenvalue weighted by atomic mass is 16.3. The number of nitrogens with two attached hydrogens (primary N) is 1. The third-order valence-corrected chi connectivity index (χ3v) is 5.69. The van der Waals surface area contributed by atoms with Gasteiger partial charge in [-0.25, -0.2) is 0 Å². The zero-order valence-corrected chi connectivity index (χ0v) is 19.5. The van der Waals surface area contributed by atoms with Crippen LogP contribution < -0.4 is 11.1 Å². The Morgan fingerprint density at radius 1 is 1.11 bits per heavy atom. The van der Waals surface area contributed by atoms with Crippen LogP contribution in [0.25, 0.3) is 22.7 Å². The van der Waals surface area contributed by atoms with Crippen molar-refractivity contribution >= 4 is 11.8 Å². The molecule has 4 rings (SSSR count). The predicted molar refractivity (Wildman–Crippen MR) is 133 cm³/mol. The maximum absolute atomic E-state index is 12.6. The SMILES string of the molecule is CCCCn1nc(-c2ccco2)cc1-c1ccc(C(=O)NC(=O)[C@@H](N)Cc2ccc(O)cc2)cc1. The molecule has 180 valence electrons. The van der Waals surface area contributed by atoms with Crippen molar-refractivity contribution in [3.8, 4) is 28.5 Å². The maximum atomic E-state index is 12.6. The van der Waals surface area contributed by atoms with Crippen LogP contribution in [-0.2, 0) is 17.8 Å². The number of amides is 2. The van der Waals surface area contributed by atoms with Gasteiger partial charge >= 0.3 is 0 Å². The van der Waals surface area contributed by atoms with Gasteiger partial charge in [0.25, 0.3) is 5.91 Å². The van der Waals surface area contributed by atoms with E-state index in [1.54, 1.807) is 30.5 Å². The standard InChI is InChI=1S/C27H28N4O4/c1-2-3-14-31-24(17-23(30-31)25-5-4-15-35-25)19-8-10-20(11-9-19)26(33)29-27(34)22(28)16-18-6-12-21(32)13-7-18/h4-13,15,17,22,32H,2-3,14,16,28H2,1H3,(H,29,33,34)/t22-/m0/s1. The first kappa shape index (κ1) is 24.0. The molecule has 0 unspecified atom stereocenters. The number of unbranched alkanes of at least 4 members (excludes halogenated alkanes) is 1. The van der Waals surface area contributed by atoms with Crippen LogP contribution in [-0.4, -0.2) is 32.7 Å². The molecule has 4 aromatic rings. The number of hydrogen-bond donors (Lipinski definition) is 3. The Balaban J connectivity index is 1.45. The quantitative estimate of drug-likeness (QED) is 0.336. The summed E-state index contributed by atoms with van der Waals surface area (Å²) in [5.41, 5.74) is 9.68. The molecule has 8 nitrogen and oxygen atoms in total. The van der Waals surface area contributed by atoms with Crippen molar-refractivity contribution in [1.29, 1.82) is 0 Å². The lowest BCUT2D eigenvalue weighted by Gasteiger charge is -2.12. The van der Waals surface area contributed by atoms with Gasteiger partial charge in [-0.1, -0.05) is 37.6 Å². The second-order valence-corrected chi connectivity index (χ2v) is 8.34. The Kier molecular flexibility index (Phi) is 7.42. The summed E-state index contributed by atoms with van der Waals surface area (Å²) in [5.74, 6) is -0.248. The lowest BCUT2D eigenvalue weighted by Crippen LogP contribution is -2.44. The van der Waals surface area contributed by atoms with Crippen LogP contribution in [0.1, 0.15) is 35.7 Å². The Hall–Kier alpha value is -4.17. The van der Waals surface area contributed by atoms with E-state index in [1.807, 2.05) is 35.0 Å². The molecule has 0 radical (unpaired) electrons. The lowest BCUT2D eigenvalue weighted by molar-refractivity contribution is -0.121. The van der Waals surface area contributed by atoms with E-state index in [2.05, 4.69) is 12.2 Å². The smallest absolute Gasteiger partial charge is 0.257 e. The molecule has 0 aliphatic heterocycles. The van der Waals surface area contributed by atoms with Gasteiger partial charge in [-0.3, -0.25) is 19.6 Å². The Bertz CT molecular complexity index is 1280. The highest BCUT2D eigenvalue weighted by Crippen LogP contribution is 2.27. The van der Waals surface area contributed by atoms with Crippen LogP contribution in [0.15, 0.2) is 77.4 Å². The van der Waals surface area contributed by atoms with Gasteiger partial charge in [0.15, 0.2) is 5.76 Å². The largest absolute Gasteiger partial charge is 0.508 e. The number of phenolic OH excluding ortho intramolecular Hbond substituents is 1. The summed E-state index contributed by atoms with van der Waals surface area (Å²) in [6.45, 7) is 2.89. The van der Waals surface area contributed by atoms with Crippen molar-refractivity contribution in [1.82, 2.24) is 15.1 Å². The first-order valence-corrected chi connectivity index (χ1v) is 11.6. The molecular weight excluding hydrogens is 444 g/mol. The number of hydrogen-bond acceptors (Lipinski definition) is 6. The molecule has 0 aliphatic carbocycles. The fraction of sp³-hybridized carbons (Fsp3) is 0.222. The second-order valence-electron chi connectivity index (χ2n) is 8.34. The molecule has 2 aromatic heterocycles. The molecule has 0 bridgehead atoms. The number of phenols is 1. The van der Waals surface area contributed by atoms with Crippen molar-refractivity contribution in [2.24, 2.45) is 5.73 Å². The Morgan fingerprint density at radius 2 is 1.86 bits per heavy atom. The van der Waals surface area contributed by atoms with Crippen LogP contribution in [0.3, 0.4) is 0 Å². The van der Waals surface area contributed by atoms with E-state index in [1.165, 1.54) is 12.1 Å². The molecule has 35 heavy (non-hydrogen) atoms. The van der Waals surface area contributed by atoms with Crippen molar-refractivity contribution in [3.05, 3.63) is 84.1 Å². The van der Waals surface area contributed by atoms with E-state index in [0.29, 0.717) is 11.3 Å². The van der Waals surface area contributed by atoms with Crippen LogP contribution in [0.2, 0.25) is 0 Å². The lowest BCUT2D eigenvalue weighted by atomic mass is 10.1. The highest BCUT2D eigenvalue weighted by Gasteiger charge is 2.19.